The fraction of sp³-hybridized carbons (Fsp3) is 0.472. The highest BCUT2D eigenvalue weighted by Gasteiger charge is 2.43. The van der Waals surface area contributed by atoms with Gasteiger partial charge in [0.25, 0.3) is 0 Å². The van der Waals surface area contributed by atoms with Gasteiger partial charge in [-0.05, 0) is 64.9 Å². The van der Waals surface area contributed by atoms with Crippen molar-refractivity contribution in [1.82, 2.24) is 19.4 Å². The molecule has 230 valence electrons. The van der Waals surface area contributed by atoms with Crippen LogP contribution in [-0.4, -0.2) is 111 Å². The zero-order chi connectivity index (χ0) is 29.6. The van der Waals surface area contributed by atoms with Crippen molar-refractivity contribution in [3.63, 3.8) is 0 Å². The molecular formula is C36H44N6O2. The second-order valence-electron chi connectivity index (χ2n) is 13.2. The van der Waals surface area contributed by atoms with Gasteiger partial charge >= 0.3 is 0 Å². The molecule has 0 radical (unpaired) electrons. The molecule has 4 aliphatic rings. The maximum Gasteiger partial charge on any atom is 0.0963 e. The Labute approximate surface area is 260 Å². The van der Waals surface area contributed by atoms with Crippen molar-refractivity contribution >= 4 is 22.4 Å². The molecule has 0 aliphatic carbocycles. The number of aromatic nitrogens is 2. The van der Waals surface area contributed by atoms with Crippen LogP contribution in [0.4, 0.5) is 11.4 Å². The summed E-state index contributed by atoms with van der Waals surface area (Å²) in [4.78, 5) is 15.1. The number of hydrogen-bond acceptors (Lipinski definition) is 7. The summed E-state index contributed by atoms with van der Waals surface area (Å²) in [5.41, 5.74) is 9.73. The number of anilines is 2. The molecule has 8 heteroatoms. The molecule has 8 nitrogen and oxygen atoms in total. The van der Waals surface area contributed by atoms with Crippen molar-refractivity contribution in [3.05, 3.63) is 67.0 Å². The van der Waals surface area contributed by atoms with E-state index in [2.05, 4.69) is 91.9 Å². The van der Waals surface area contributed by atoms with E-state index in [1.54, 1.807) is 7.11 Å². The molecule has 4 fully saturated rings. The molecule has 4 aliphatic heterocycles. The van der Waals surface area contributed by atoms with E-state index in [4.69, 9.17) is 14.5 Å². The van der Waals surface area contributed by atoms with Crippen LogP contribution in [0.3, 0.4) is 0 Å². The number of methoxy groups -OCH3 is 1. The first-order valence-corrected chi connectivity index (χ1v) is 16.3. The standard InChI is InChI=1S/C36H44N6O2/c1-38-25-37-36-34(27-5-9-32(10-6-27)41-19-29-21-42(22-30(29)20-41)33-23-44-24-33)17-28(18-35(36)38)26-3-7-31(8-4-26)40-13-11-39(12-14-40)15-16-43-2/h3-10,17-18,25,29-30,33H,11-16,19-24H2,1-2H3/t29-,30+. The minimum absolute atomic E-state index is 0.665. The Kier molecular flexibility index (Phi) is 7.54. The number of hydrogen-bond donors (Lipinski definition) is 0. The molecule has 44 heavy (non-hydrogen) atoms. The topological polar surface area (TPSA) is 49.2 Å². The number of rotatable bonds is 8. The number of benzene rings is 3. The van der Waals surface area contributed by atoms with Crippen LogP contribution in [0.1, 0.15) is 0 Å². The van der Waals surface area contributed by atoms with Crippen LogP contribution in [0.2, 0.25) is 0 Å². The third kappa shape index (κ3) is 5.28. The van der Waals surface area contributed by atoms with Gasteiger partial charge in [0.1, 0.15) is 0 Å². The number of ether oxygens (including phenoxy) is 2. The average molecular weight is 593 g/mol. The van der Waals surface area contributed by atoms with E-state index in [1.807, 2.05) is 6.33 Å². The number of imidazole rings is 1. The molecular weight excluding hydrogens is 548 g/mol. The van der Waals surface area contributed by atoms with Crippen molar-refractivity contribution < 1.29 is 9.47 Å². The van der Waals surface area contributed by atoms with Crippen LogP contribution in [0, 0.1) is 11.8 Å². The average Bonchev–Trinajstić information content (AvgIpc) is 3.73. The van der Waals surface area contributed by atoms with E-state index in [0.29, 0.717) is 6.04 Å². The van der Waals surface area contributed by atoms with Gasteiger partial charge in [-0.15, -0.1) is 0 Å². The van der Waals surface area contributed by atoms with Gasteiger partial charge in [0.05, 0.1) is 43.2 Å². The van der Waals surface area contributed by atoms with Crippen LogP contribution in [-0.2, 0) is 16.5 Å². The molecule has 1 aromatic heterocycles. The summed E-state index contributed by atoms with van der Waals surface area (Å²) in [5, 5.41) is 0. The minimum atomic E-state index is 0.665. The maximum absolute atomic E-state index is 5.44. The molecule has 2 atom stereocenters. The minimum Gasteiger partial charge on any atom is -0.383 e. The van der Waals surface area contributed by atoms with E-state index in [9.17, 15) is 0 Å². The van der Waals surface area contributed by atoms with Crippen molar-refractivity contribution in [2.75, 3.05) is 95.6 Å². The lowest BCUT2D eigenvalue weighted by Crippen LogP contribution is -2.48. The van der Waals surface area contributed by atoms with E-state index < -0.39 is 0 Å². The van der Waals surface area contributed by atoms with E-state index in [0.717, 1.165) is 88.5 Å². The molecule has 0 N–H and O–H groups in total. The molecule has 8 rings (SSSR count). The van der Waals surface area contributed by atoms with Crippen molar-refractivity contribution in [3.8, 4) is 22.3 Å². The van der Waals surface area contributed by atoms with Crippen molar-refractivity contribution in [1.29, 1.82) is 0 Å². The molecule has 4 aromatic rings. The maximum atomic E-state index is 5.44. The van der Waals surface area contributed by atoms with E-state index >= 15 is 0 Å². The third-order valence-electron chi connectivity index (χ3n) is 10.6. The van der Waals surface area contributed by atoms with Gasteiger partial charge in [-0.2, -0.15) is 0 Å². The number of nitrogens with zero attached hydrogens (tertiary/aromatic N) is 6. The summed E-state index contributed by atoms with van der Waals surface area (Å²) < 4.78 is 12.8. The molecule has 0 spiro atoms. The highest BCUT2D eigenvalue weighted by atomic mass is 16.5. The summed E-state index contributed by atoms with van der Waals surface area (Å²) in [6, 6.07) is 23.6. The van der Waals surface area contributed by atoms with Gasteiger partial charge in [-0.1, -0.05) is 24.3 Å². The van der Waals surface area contributed by atoms with Crippen LogP contribution in [0.15, 0.2) is 67.0 Å². The smallest absolute Gasteiger partial charge is 0.0963 e. The Morgan fingerprint density at radius 1 is 0.773 bits per heavy atom. The number of likely N-dealkylation sites (tertiary alicyclic amines) is 1. The van der Waals surface area contributed by atoms with Gasteiger partial charge in [-0.25, -0.2) is 4.98 Å². The zero-order valence-corrected chi connectivity index (χ0v) is 26.1. The van der Waals surface area contributed by atoms with Crippen LogP contribution >= 0.6 is 0 Å². The zero-order valence-electron chi connectivity index (χ0n) is 26.1. The lowest BCUT2D eigenvalue weighted by molar-refractivity contribution is -0.0590. The SMILES string of the molecule is COCCN1CCN(c2ccc(-c3cc(-c4ccc(N5C[C@@H]6CN(C7COC7)C[C@@H]6C5)cc4)c4ncn(C)c4c3)cc2)CC1. The Morgan fingerprint density at radius 2 is 1.43 bits per heavy atom. The van der Waals surface area contributed by atoms with Crippen molar-refractivity contribution in [2.24, 2.45) is 18.9 Å². The Morgan fingerprint density at radius 3 is 2.07 bits per heavy atom. The highest BCUT2D eigenvalue weighted by molar-refractivity contribution is 5.96. The summed E-state index contributed by atoms with van der Waals surface area (Å²) in [5.74, 6) is 1.55. The molecule has 0 unspecified atom stereocenters. The summed E-state index contributed by atoms with van der Waals surface area (Å²) in [6.07, 6.45) is 1.93. The fourth-order valence-corrected chi connectivity index (χ4v) is 7.76. The second kappa shape index (κ2) is 11.8. The predicted molar refractivity (Wildman–Crippen MR) is 177 cm³/mol. The Hall–Kier alpha value is -3.43. The van der Waals surface area contributed by atoms with Crippen molar-refractivity contribution in [2.45, 2.75) is 6.04 Å². The predicted octanol–water partition coefficient (Wildman–Crippen LogP) is 4.44. The fourth-order valence-electron chi connectivity index (χ4n) is 7.76. The summed E-state index contributed by atoms with van der Waals surface area (Å²) >= 11 is 0. The first-order chi connectivity index (χ1) is 21.6. The first kappa shape index (κ1) is 28.1. The Bertz CT molecular complexity index is 1580. The molecule has 0 amide bonds. The molecule has 5 heterocycles. The lowest BCUT2D eigenvalue weighted by atomic mass is 9.97. The molecule has 0 bridgehead atoms. The number of aryl methyl sites for hydroxylation is 1. The highest BCUT2D eigenvalue weighted by Crippen LogP contribution is 2.38. The van der Waals surface area contributed by atoms with Gasteiger partial charge in [0, 0.05) is 90.0 Å². The first-order valence-electron chi connectivity index (χ1n) is 16.3. The van der Waals surface area contributed by atoms with E-state index in [-0.39, 0.29) is 0 Å². The van der Waals surface area contributed by atoms with Gasteiger partial charge in [0.2, 0.25) is 0 Å². The molecule has 3 aromatic carbocycles. The normalized spacial score (nSPS) is 23.0. The third-order valence-corrected chi connectivity index (χ3v) is 10.6. The summed E-state index contributed by atoms with van der Waals surface area (Å²) in [6.45, 7) is 12.7. The van der Waals surface area contributed by atoms with Crippen LogP contribution < -0.4 is 9.80 Å². The quantitative estimate of drug-likeness (QED) is 0.300. The monoisotopic (exact) mass is 592 g/mol. The van der Waals surface area contributed by atoms with E-state index in [1.165, 1.54) is 46.7 Å². The Balaban J connectivity index is 0.992. The second-order valence-corrected chi connectivity index (χ2v) is 13.2. The number of fused-ring (bicyclic) bond motifs is 2. The van der Waals surface area contributed by atoms with Crippen LogP contribution in [0.5, 0.6) is 0 Å². The van der Waals surface area contributed by atoms with Gasteiger partial charge in [0.15, 0.2) is 0 Å². The summed E-state index contributed by atoms with van der Waals surface area (Å²) in [7, 11) is 3.87. The largest absolute Gasteiger partial charge is 0.383 e. The van der Waals surface area contributed by atoms with Gasteiger partial charge < -0.3 is 23.8 Å². The number of piperazine rings is 1. The molecule has 0 saturated carbocycles. The lowest BCUT2D eigenvalue weighted by Gasteiger charge is -2.36. The molecule has 4 saturated heterocycles. The van der Waals surface area contributed by atoms with Gasteiger partial charge in [-0.3, -0.25) is 9.80 Å². The van der Waals surface area contributed by atoms with Crippen LogP contribution in [0.25, 0.3) is 33.3 Å².